The number of benzene rings is 1. The number of aryl methyl sites for hydroxylation is 1. The Balaban J connectivity index is 1.63. The molecule has 1 aromatic carbocycles. The molecule has 3 rings (SSSR count). The van der Waals surface area contributed by atoms with E-state index in [1.54, 1.807) is 11.8 Å². The number of thiophene rings is 1. The van der Waals surface area contributed by atoms with E-state index in [0.717, 1.165) is 21.1 Å². The lowest BCUT2D eigenvalue weighted by Crippen LogP contribution is -2.06. The standard InChI is InChI=1S/C16H16N4O2S2/c1-11-3-8-15(24-11)14(21)10-23-16-17-18-19-20(16)9-12-4-6-13(22-2)7-5-12/h3-8H,9-10H2,1-2H3. The van der Waals surface area contributed by atoms with Crippen LogP contribution in [0.4, 0.5) is 0 Å². The van der Waals surface area contributed by atoms with Gasteiger partial charge in [-0.2, -0.15) is 0 Å². The molecule has 8 heteroatoms. The minimum atomic E-state index is 0.0945. The first kappa shape index (κ1) is 16.7. The van der Waals surface area contributed by atoms with E-state index in [0.29, 0.717) is 17.5 Å². The number of nitrogens with zero attached hydrogens (tertiary/aromatic N) is 4. The number of ketones is 1. The zero-order valence-electron chi connectivity index (χ0n) is 13.3. The Morgan fingerprint density at radius 2 is 2.04 bits per heavy atom. The molecule has 0 saturated heterocycles. The van der Waals surface area contributed by atoms with Gasteiger partial charge in [0.1, 0.15) is 5.75 Å². The summed E-state index contributed by atoms with van der Waals surface area (Å²) in [4.78, 5) is 14.1. The number of ether oxygens (including phenoxy) is 1. The molecule has 0 aliphatic carbocycles. The fraction of sp³-hybridized carbons (Fsp3) is 0.250. The monoisotopic (exact) mass is 360 g/mol. The second-order valence-electron chi connectivity index (χ2n) is 5.09. The Morgan fingerprint density at radius 1 is 1.25 bits per heavy atom. The van der Waals surface area contributed by atoms with Gasteiger partial charge in [0.15, 0.2) is 5.78 Å². The van der Waals surface area contributed by atoms with E-state index in [-0.39, 0.29) is 5.78 Å². The van der Waals surface area contributed by atoms with Gasteiger partial charge in [0.2, 0.25) is 5.16 Å². The highest BCUT2D eigenvalue weighted by atomic mass is 32.2. The van der Waals surface area contributed by atoms with Crippen molar-refractivity contribution >= 4 is 28.9 Å². The maximum absolute atomic E-state index is 12.2. The van der Waals surface area contributed by atoms with Crippen molar-refractivity contribution in [1.29, 1.82) is 0 Å². The van der Waals surface area contributed by atoms with Crippen LogP contribution in [0.15, 0.2) is 41.6 Å². The number of hydrogen-bond acceptors (Lipinski definition) is 7. The molecule has 0 spiro atoms. The number of rotatable bonds is 7. The van der Waals surface area contributed by atoms with Gasteiger partial charge in [0, 0.05) is 4.88 Å². The van der Waals surface area contributed by atoms with Gasteiger partial charge in [0.05, 0.1) is 24.3 Å². The van der Waals surface area contributed by atoms with E-state index in [9.17, 15) is 4.79 Å². The lowest BCUT2D eigenvalue weighted by molar-refractivity contribution is 0.102. The van der Waals surface area contributed by atoms with Crippen LogP contribution in [-0.4, -0.2) is 38.9 Å². The molecule has 0 atom stereocenters. The van der Waals surface area contributed by atoms with E-state index < -0.39 is 0 Å². The number of aromatic nitrogens is 4. The smallest absolute Gasteiger partial charge is 0.210 e. The summed E-state index contributed by atoms with van der Waals surface area (Å²) in [7, 11) is 1.64. The topological polar surface area (TPSA) is 69.9 Å². The SMILES string of the molecule is COc1ccc(Cn2nnnc2SCC(=O)c2ccc(C)s2)cc1. The number of thioether (sulfide) groups is 1. The summed E-state index contributed by atoms with van der Waals surface area (Å²) in [6.07, 6.45) is 0. The summed E-state index contributed by atoms with van der Waals surface area (Å²) < 4.78 is 6.84. The molecule has 0 radical (unpaired) electrons. The molecular formula is C16H16N4O2S2. The maximum atomic E-state index is 12.2. The second-order valence-corrected chi connectivity index (χ2v) is 7.32. The molecule has 0 unspecified atom stereocenters. The minimum Gasteiger partial charge on any atom is -0.497 e. The van der Waals surface area contributed by atoms with Crippen LogP contribution in [0.25, 0.3) is 0 Å². The predicted molar refractivity (Wildman–Crippen MR) is 94.0 cm³/mol. The Kier molecular flexibility index (Phi) is 5.27. The normalized spacial score (nSPS) is 10.8. The van der Waals surface area contributed by atoms with Crippen molar-refractivity contribution in [1.82, 2.24) is 20.2 Å². The number of carbonyl (C=O) groups excluding carboxylic acids is 1. The molecule has 0 bridgehead atoms. The Morgan fingerprint density at radius 3 is 2.71 bits per heavy atom. The van der Waals surface area contributed by atoms with Crippen LogP contribution in [0, 0.1) is 6.92 Å². The summed E-state index contributed by atoms with van der Waals surface area (Å²) in [6, 6.07) is 11.5. The predicted octanol–water partition coefficient (Wildman–Crippen LogP) is 3.07. The van der Waals surface area contributed by atoms with E-state index >= 15 is 0 Å². The first-order valence-electron chi connectivity index (χ1n) is 7.27. The van der Waals surface area contributed by atoms with Crippen molar-refractivity contribution in [3.05, 3.63) is 51.7 Å². The maximum Gasteiger partial charge on any atom is 0.210 e. The molecule has 24 heavy (non-hydrogen) atoms. The molecule has 6 nitrogen and oxygen atoms in total. The van der Waals surface area contributed by atoms with Gasteiger partial charge in [-0.25, -0.2) is 4.68 Å². The zero-order chi connectivity index (χ0) is 16.9. The number of Topliss-reactive ketones (excluding diaryl/α,β-unsaturated/α-hetero) is 1. The Labute approximate surface area is 147 Å². The summed E-state index contributed by atoms with van der Waals surface area (Å²) in [5, 5.41) is 12.4. The highest BCUT2D eigenvalue weighted by Gasteiger charge is 2.13. The van der Waals surface area contributed by atoms with Gasteiger partial charge in [0.25, 0.3) is 0 Å². The summed E-state index contributed by atoms with van der Waals surface area (Å²) in [5.41, 5.74) is 1.06. The zero-order valence-corrected chi connectivity index (χ0v) is 14.9. The van der Waals surface area contributed by atoms with Crippen LogP contribution in [0.5, 0.6) is 5.75 Å². The molecule has 3 aromatic rings. The average Bonchev–Trinajstić information content (AvgIpc) is 3.22. The van der Waals surface area contributed by atoms with Crippen LogP contribution in [0.1, 0.15) is 20.1 Å². The molecular weight excluding hydrogens is 344 g/mol. The second kappa shape index (κ2) is 7.59. The van der Waals surface area contributed by atoms with Gasteiger partial charge in [-0.3, -0.25) is 4.79 Å². The first-order chi connectivity index (χ1) is 11.7. The number of hydrogen-bond donors (Lipinski definition) is 0. The average molecular weight is 360 g/mol. The molecule has 0 N–H and O–H groups in total. The summed E-state index contributed by atoms with van der Waals surface area (Å²) in [5.74, 6) is 1.22. The van der Waals surface area contributed by atoms with Crippen LogP contribution >= 0.6 is 23.1 Å². The molecule has 0 fully saturated rings. The lowest BCUT2D eigenvalue weighted by Gasteiger charge is -2.05. The fourth-order valence-corrected chi connectivity index (χ4v) is 3.74. The molecule has 0 aliphatic rings. The third-order valence-corrected chi connectivity index (χ3v) is 5.34. The highest BCUT2D eigenvalue weighted by molar-refractivity contribution is 7.99. The lowest BCUT2D eigenvalue weighted by atomic mass is 10.2. The van der Waals surface area contributed by atoms with E-state index in [2.05, 4.69) is 15.5 Å². The van der Waals surface area contributed by atoms with Crippen molar-refractivity contribution in [3.8, 4) is 5.75 Å². The van der Waals surface area contributed by atoms with E-state index in [4.69, 9.17) is 4.74 Å². The number of carbonyl (C=O) groups is 1. The van der Waals surface area contributed by atoms with Crippen LogP contribution < -0.4 is 4.74 Å². The summed E-state index contributed by atoms with van der Waals surface area (Å²) >= 11 is 2.86. The minimum absolute atomic E-state index is 0.0945. The van der Waals surface area contributed by atoms with Crippen molar-refractivity contribution < 1.29 is 9.53 Å². The van der Waals surface area contributed by atoms with Gasteiger partial charge in [-0.1, -0.05) is 23.9 Å². The van der Waals surface area contributed by atoms with Crippen molar-refractivity contribution in [2.75, 3.05) is 12.9 Å². The quantitative estimate of drug-likeness (QED) is 0.476. The summed E-state index contributed by atoms with van der Waals surface area (Å²) in [6.45, 7) is 2.54. The Hall–Kier alpha value is -2.19. The largest absolute Gasteiger partial charge is 0.497 e. The molecule has 2 heterocycles. The molecule has 0 saturated carbocycles. The highest BCUT2D eigenvalue weighted by Crippen LogP contribution is 2.21. The number of methoxy groups -OCH3 is 1. The van der Waals surface area contributed by atoms with Gasteiger partial charge in [-0.05, 0) is 47.2 Å². The molecule has 2 aromatic heterocycles. The van der Waals surface area contributed by atoms with Gasteiger partial charge < -0.3 is 4.74 Å². The Bertz CT molecular complexity index is 827. The number of tetrazole rings is 1. The van der Waals surface area contributed by atoms with Crippen molar-refractivity contribution in [2.45, 2.75) is 18.6 Å². The van der Waals surface area contributed by atoms with Gasteiger partial charge >= 0.3 is 0 Å². The van der Waals surface area contributed by atoms with E-state index in [1.165, 1.54) is 23.1 Å². The van der Waals surface area contributed by atoms with Crippen molar-refractivity contribution in [2.24, 2.45) is 0 Å². The first-order valence-corrected chi connectivity index (χ1v) is 9.07. The third kappa shape index (κ3) is 4.01. The molecule has 124 valence electrons. The van der Waals surface area contributed by atoms with Crippen molar-refractivity contribution in [3.63, 3.8) is 0 Å². The van der Waals surface area contributed by atoms with Gasteiger partial charge in [-0.15, -0.1) is 16.4 Å². The van der Waals surface area contributed by atoms with E-state index in [1.807, 2.05) is 43.3 Å². The molecule has 0 aliphatic heterocycles. The third-order valence-electron chi connectivity index (χ3n) is 3.34. The van der Waals surface area contributed by atoms with Crippen LogP contribution in [0.2, 0.25) is 0 Å². The fourth-order valence-electron chi connectivity index (χ4n) is 2.09. The van der Waals surface area contributed by atoms with Crippen LogP contribution in [0.3, 0.4) is 0 Å². The van der Waals surface area contributed by atoms with Crippen LogP contribution in [-0.2, 0) is 6.54 Å². The molecule has 0 amide bonds.